The Kier molecular flexibility index (Phi) is 5.64. The lowest BCUT2D eigenvalue weighted by molar-refractivity contribution is -0.119. The summed E-state index contributed by atoms with van der Waals surface area (Å²) in [5.41, 5.74) is 0. The average Bonchev–Trinajstić information content (AvgIpc) is 2.84. The lowest BCUT2D eigenvalue weighted by atomic mass is 10.2. The minimum Gasteiger partial charge on any atom is -0.491 e. The van der Waals surface area contributed by atoms with E-state index in [0.29, 0.717) is 30.3 Å². The molecule has 1 saturated heterocycles. The van der Waals surface area contributed by atoms with Gasteiger partial charge in [0.15, 0.2) is 0 Å². The summed E-state index contributed by atoms with van der Waals surface area (Å²) in [5.74, 6) is 0.778. The first-order valence-electron chi connectivity index (χ1n) is 6.70. The van der Waals surface area contributed by atoms with Crippen molar-refractivity contribution in [3.63, 3.8) is 0 Å². The summed E-state index contributed by atoms with van der Waals surface area (Å²) >= 11 is 5.77. The Labute approximate surface area is 123 Å². The van der Waals surface area contributed by atoms with Gasteiger partial charge in [0.2, 0.25) is 5.91 Å². The van der Waals surface area contributed by atoms with E-state index in [2.05, 4.69) is 10.6 Å². The van der Waals surface area contributed by atoms with Crippen molar-refractivity contribution in [2.24, 2.45) is 0 Å². The van der Waals surface area contributed by atoms with Gasteiger partial charge < -0.3 is 20.5 Å². The smallest absolute Gasteiger partial charge is 0.220 e. The predicted octanol–water partition coefficient (Wildman–Crippen LogP) is 0.948. The number of aliphatic hydroxyl groups excluding tert-OH is 1. The van der Waals surface area contributed by atoms with E-state index in [4.69, 9.17) is 16.3 Å². The van der Waals surface area contributed by atoms with Crippen LogP contribution in [0.1, 0.15) is 12.8 Å². The number of hydrogen-bond acceptors (Lipinski definition) is 4. The van der Waals surface area contributed by atoms with E-state index < -0.39 is 6.10 Å². The van der Waals surface area contributed by atoms with Crippen LogP contribution in [0.2, 0.25) is 5.02 Å². The summed E-state index contributed by atoms with van der Waals surface area (Å²) in [6.45, 7) is 1.31. The molecular formula is C14H19ClN2O3. The number of halogens is 1. The Morgan fingerprint density at radius 3 is 2.85 bits per heavy atom. The van der Waals surface area contributed by atoms with Gasteiger partial charge in [0.05, 0.1) is 0 Å². The molecule has 20 heavy (non-hydrogen) atoms. The highest BCUT2D eigenvalue weighted by Crippen LogP contribution is 2.15. The Hall–Kier alpha value is -1.30. The predicted molar refractivity (Wildman–Crippen MR) is 77.0 cm³/mol. The van der Waals surface area contributed by atoms with Crippen molar-refractivity contribution in [2.45, 2.75) is 25.0 Å². The molecule has 1 fully saturated rings. The summed E-state index contributed by atoms with van der Waals surface area (Å²) in [4.78, 5) is 11.0. The number of benzene rings is 1. The Morgan fingerprint density at radius 2 is 2.20 bits per heavy atom. The van der Waals surface area contributed by atoms with E-state index in [1.807, 2.05) is 0 Å². The fourth-order valence-corrected chi connectivity index (χ4v) is 2.16. The van der Waals surface area contributed by atoms with Crippen LogP contribution in [-0.4, -0.2) is 42.9 Å². The number of carbonyl (C=O) groups excluding carboxylic acids is 1. The molecule has 0 aliphatic carbocycles. The highest BCUT2D eigenvalue weighted by molar-refractivity contribution is 6.30. The average molecular weight is 299 g/mol. The number of nitrogens with one attached hydrogen (secondary N) is 2. The normalized spacial score (nSPS) is 19.7. The van der Waals surface area contributed by atoms with E-state index in [0.717, 1.165) is 6.42 Å². The minimum absolute atomic E-state index is 0.100. The fourth-order valence-electron chi connectivity index (χ4n) is 2.04. The van der Waals surface area contributed by atoms with Gasteiger partial charge in [-0.05, 0) is 30.7 Å². The number of carbonyl (C=O) groups is 1. The van der Waals surface area contributed by atoms with Gasteiger partial charge in [-0.3, -0.25) is 4.79 Å². The first-order chi connectivity index (χ1) is 9.63. The molecule has 1 aromatic rings. The number of ether oxygens (including phenoxy) is 1. The Bertz CT molecular complexity index is 439. The van der Waals surface area contributed by atoms with Crippen molar-refractivity contribution in [3.05, 3.63) is 29.3 Å². The zero-order valence-electron chi connectivity index (χ0n) is 11.1. The number of hydrogen-bond donors (Lipinski definition) is 3. The van der Waals surface area contributed by atoms with Crippen molar-refractivity contribution in [3.8, 4) is 5.75 Å². The molecule has 5 nitrogen and oxygen atoms in total. The number of rotatable bonds is 7. The Balaban J connectivity index is 1.59. The highest BCUT2D eigenvalue weighted by atomic mass is 35.5. The van der Waals surface area contributed by atoms with Gasteiger partial charge in [-0.25, -0.2) is 0 Å². The highest BCUT2D eigenvalue weighted by Gasteiger charge is 2.20. The summed E-state index contributed by atoms with van der Waals surface area (Å²) in [6.07, 6.45) is 0.848. The lowest BCUT2D eigenvalue weighted by Crippen LogP contribution is -2.40. The molecule has 0 radical (unpaired) electrons. The summed E-state index contributed by atoms with van der Waals surface area (Å²) < 4.78 is 5.44. The van der Waals surface area contributed by atoms with Gasteiger partial charge in [0.25, 0.3) is 0 Å². The second-order valence-electron chi connectivity index (χ2n) is 4.88. The zero-order valence-corrected chi connectivity index (χ0v) is 11.9. The van der Waals surface area contributed by atoms with E-state index in [1.54, 1.807) is 24.3 Å². The lowest BCUT2D eigenvalue weighted by Gasteiger charge is -2.15. The minimum atomic E-state index is -0.595. The van der Waals surface area contributed by atoms with Gasteiger partial charge in [-0.1, -0.05) is 11.6 Å². The summed E-state index contributed by atoms with van der Waals surface area (Å²) in [6, 6.07) is 7.17. The molecule has 2 rings (SSSR count). The molecule has 2 unspecified atom stereocenters. The first-order valence-corrected chi connectivity index (χ1v) is 7.08. The van der Waals surface area contributed by atoms with E-state index >= 15 is 0 Å². The van der Waals surface area contributed by atoms with Crippen LogP contribution in [0, 0.1) is 0 Å². The van der Waals surface area contributed by atoms with Crippen LogP contribution in [0.4, 0.5) is 0 Å². The Morgan fingerprint density at radius 1 is 1.45 bits per heavy atom. The van der Waals surface area contributed by atoms with Crippen molar-refractivity contribution in [2.75, 3.05) is 19.7 Å². The SMILES string of the molecule is O=C1CCC(CNCC(O)COc2ccc(Cl)cc2)N1. The van der Waals surface area contributed by atoms with Gasteiger partial charge in [0.1, 0.15) is 18.5 Å². The second-order valence-corrected chi connectivity index (χ2v) is 5.32. The van der Waals surface area contributed by atoms with Crippen molar-refractivity contribution < 1.29 is 14.6 Å². The molecule has 2 atom stereocenters. The topological polar surface area (TPSA) is 70.6 Å². The molecule has 0 bridgehead atoms. The van der Waals surface area contributed by atoms with Crippen LogP contribution in [0.3, 0.4) is 0 Å². The maximum absolute atomic E-state index is 11.0. The molecule has 1 aromatic carbocycles. The molecule has 1 aliphatic heterocycles. The second kappa shape index (κ2) is 7.47. The molecule has 0 saturated carbocycles. The molecule has 1 amide bonds. The van der Waals surface area contributed by atoms with Crippen LogP contribution in [0.25, 0.3) is 0 Å². The molecule has 1 heterocycles. The number of amides is 1. The molecule has 0 spiro atoms. The van der Waals surface area contributed by atoms with Crippen molar-refractivity contribution in [1.29, 1.82) is 0 Å². The van der Waals surface area contributed by atoms with Crippen molar-refractivity contribution >= 4 is 17.5 Å². The largest absolute Gasteiger partial charge is 0.491 e. The molecule has 3 N–H and O–H groups in total. The van der Waals surface area contributed by atoms with Crippen LogP contribution < -0.4 is 15.4 Å². The van der Waals surface area contributed by atoms with Crippen molar-refractivity contribution in [1.82, 2.24) is 10.6 Å². The molecule has 0 aromatic heterocycles. The molecular weight excluding hydrogens is 280 g/mol. The third kappa shape index (κ3) is 5.00. The molecule has 1 aliphatic rings. The van der Waals surface area contributed by atoms with Gasteiger partial charge in [-0.2, -0.15) is 0 Å². The van der Waals surface area contributed by atoms with Crippen LogP contribution in [-0.2, 0) is 4.79 Å². The van der Waals surface area contributed by atoms with Crippen LogP contribution in [0.15, 0.2) is 24.3 Å². The van der Waals surface area contributed by atoms with Crippen LogP contribution in [0.5, 0.6) is 5.75 Å². The first kappa shape index (κ1) is 15.1. The summed E-state index contributed by atoms with van der Waals surface area (Å²) in [5, 5.41) is 16.4. The molecule has 6 heteroatoms. The third-order valence-electron chi connectivity index (χ3n) is 3.11. The van der Waals surface area contributed by atoms with E-state index in [-0.39, 0.29) is 18.6 Å². The third-order valence-corrected chi connectivity index (χ3v) is 3.36. The van der Waals surface area contributed by atoms with E-state index in [1.165, 1.54) is 0 Å². The standard InChI is InChI=1S/C14H19ClN2O3/c15-10-1-4-13(5-2-10)20-9-12(18)8-16-7-11-3-6-14(19)17-11/h1-2,4-5,11-12,16,18H,3,6-9H2,(H,17,19). The zero-order chi connectivity index (χ0) is 14.4. The maximum Gasteiger partial charge on any atom is 0.220 e. The van der Waals surface area contributed by atoms with Gasteiger partial charge in [0, 0.05) is 30.6 Å². The van der Waals surface area contributed by atoms with Gasteiger partial charge >= 0.3 is 0 Å². The number of aliphatic hydroxyl groups is 1. The fraction of sp³-hybridized carbons (Fsp3) is 0.500. The van der Waals surface area contributed by atoms with Crippen LogP contribution >= 0.6 is 11.6 Å². The molecule has 110 valence electrons. The quantitative estimate of drug-likeness (QED) is 0.701. The summed E-state index contributed by atoms with van der Waals surface area (Å²) in [7, 11) is 0. The van der Waals surface area contributed by atoms with E-state index in [9.17, 15) is 9.90 Å². The van der Waals surface area contributed by atoms with Gasteiger partial charge in [-0.15, -0.1) is 0 Å². The maximum atomic E-state index is 11.0. The monoisotopic (exact) mass is 298 g/mol.